The molecule has 2 N–H and O–H groups in total. The van der Waals surface area contributed by atoms with E-state index in [1.165, 1.54) is 11.3 Å². The monoisotopic (exact) mass is 897 g/mol. The van der Waals surface area contributed by atoms with Crippen LogP contribution in [0.1, 0.15) is 64.9 Å². The number of sulfonamides is 2. The Morgan fingerprint density at radius 3 is 2.22 bits per heavy atom. The first-order chi connectivity index (χ1) is 28.4. The fraction of sp³-hybridized carbons (Fsp3) is 0.432. The van der Waals surface area contributed by atoms with E-state index in [1.54, 1.807) is 54.3 Å². The summed E-state index contributed by atoms with van der Waals surface area (Å²) in [6, 6.07) is 21.8. The van der Waals surface area contributed by atoms with Crippen molar-refractivity contribution in [1.29, 1.82) is 0 Å². The number of piperazine rings is 1. The lowest BCUT2D eigenvalue weighted by Crippen LogP contribution is -2.50. The third-order valence-corrected chi connectivity index (χ3v) is 15.4. The first-order valence-electron chi connectivity index (χ1n) is 20.3. The molecule has 1 amide bonds. The van der Waals surface area contributed by atoms with Crippen LogP contribution in [-0.4, -0.2) is 86.9 Å². The largest absolute Gasteiger partial charge is 0.491 e. The van der Waals surface area contributed by atoms with E-state index < -0.39 is 25.6 Å². The van der Waals surface area contributed by atoms with Crippen LogP contribution in [-0.2, 0) is 24.8 Å². The number of hydrogen-bond acceptors (Lipinski definition) is 10. The van der Waals surface area contributed by atoms with Gasteiger partial charge in [0.15, 0.2) is 0 Å². The molecule has 1 saturated heterocycles. The van der Waals surface area contributed by atoms with Crippen LogP contribution in [0.2, 0.25) is 5.02 Å². The average molecular weight is 899 g/mol. The summed E-state index contributed by atoms with van der Waals surface area (Å²) in [5.41, 5.74) is 2.15. The average Bonchev–Trinajstić information content (AvgIpc) is 3.53. The minimum Gasteiger partial charge on any atom is -0.491 e. The zero-order chi connectivity index (χ0) is 43.2. The number of hydrogen-bond donors (Lipinski definition) is 2. The number of halogens is 1. The van der Waals surface area contributed by atoms with Crippen LogP contribution in [0.5, 0.6) is 5.75 Å². The number of thiophene rings is 1. The predicted molar refractivity (Wildman–Crippen MR) is 246 cm³/mol. The molecule has 0 radical (unpaired) electrons. The van der Waals surface area contributed by atoms with E-state index in [9.17, 15) is 21.6 Å². The smallest absolute Gasteiger partial charge is 0.410 e. The maximum Gasteiger partial charge on any atom is 0.410 e. The van der Waals surface area contributed by atoms with Gasteiger partial charge in [0.25, 0.3) is 10.0 Å². The first kappa shape index (κ1) is 45.3. The Morgan fingerprint density at radius 1 is 0.817 bits per heavy atom. The quantitative estimate of drug-likeness (QED) is 0.0875. The van der Waals surface area contributed by atoms with Crippen molar-refractivity contribution in [2.75, 3.05) is 67.9 Å². The Labute approximate surface area is 363 Å². The van der Waals surface area contributed by atoms with Crippen molar-refractivity contribution in [2.45, 2.75) is 80.9 Å². The number of amides is 1. The Kier molecular flexibility index (Phi) is 14.5. The zero-order valence-electron chi connectivity index (χ0n) is 35.2. The number of carbonyl (C=O) groups excluding carboxylic acids is 1. The normalized spacial score (nSPS) is 13.8. The van der Waals surface area contributed by atoms with Gasteiger partial charge in [-0.15, -0.1) is 11.3 Å². The molecule has 0 unspecified atom stereocenters. The molecule has 0 saturated carbocycles. The van der Waals surface area contributed by atoms with Crippen molar-refractivity contribution in [1.82, 2.24) is 9.62 Å². The predicted octanol–water partition coefficient (Wildman–Crippen LogP) is 9.64. The second kappa shape index (κ2) is 19.2. The topological polar surface area (TPSA) is 138 Å². The molecular formula is C44H56ClN5O7S3. The van der Waals surface area contributed by atoms with Crippen molar-refractivity contribution in [3.8, 4) is 5.75 Å². The van der Waals surface area contributed by atoms with Crippen molar-refractivity contribution >= 4 is 87.0 Å². The summed E-state index contributed by atoms with van der Waals surface area (Å²) in [6.07, 6.45) is 4.99. The van der Waals surface area contributed by atoms with Gasteiger partial charge in [0, 0.05) is 73.0 Å². The summed E-state index contributed by atoms with van der Waals surface area (Å²) in [5.74, 6) is 0.632. The minimum atomic E-state index is -3.92. The summed E-state index contributed by atoms with van der Waals surface area (Å²) in [4.78, 5) is 18.9. The fourth-order valence-electron chi connectivity index (χ4n) is 7.32. The second-order valence-electron chi connectivity index (χ2n) is 16.3. The van der Waals surface area contributed by atoms with Crippen LogP contribution >= 0.6 is 22.9 Å². The molecule has 60 heavy (non-hydrogen) atoms. The number of anilines is 3. The Hall–Kier alpha value is -4.28. The van der Waals surface area contributed by atoms with Gasteiger partial charge in [0.2, 0.25) is 10.0 Å². The molecule has 0 bridgehead atoms. The highest BCUT2D eigenvalue weighted by Gasteiger charge is 2.28. The van der Waals surface area contributed by atoms with Gasteiger partial charge >= 0.3 is 6.09 Å². The molecule has 1 aliphatic rings. The van der Waals surface area contributed by atoms with Crippen molar-refractivity contribution < 1.29 is 31.1 Å². The molecule has 5 aromatic rings. The number of nitrogens with one attached hydrogen (secondary N) is 2. The summed E-state index contributed by atoms with van der Waals surface area (Å²) >= 11 is 7.42. The molecule has 6 rings (SSSR count). The van der Waals surface area contributed by atoms with Gasteiger partial charge in [-0.2, -0.15) is 0 Å². The van der Waals surface area contributed by atoms with Gasteiger partial charge in [-0.05, 0) is 100 Å². The SMILES string of the molecule is Cc1c(S(=O)(=O)Nc2ccc(OCCCCCCCCNS(=O)(=O)c3cccc4c(N(C)C)cccc34)c(N3CCN(C(=O)OC(C)(C)C)CC3)c2)sc2ccc(Cl)cc12. The van der Waals surface area contributed by atoms with Gasteiger partial charge in [0.1, 0.15) is 15.6 Å². The maximum atomic E-state index is 13.7. The van der Waals surface area contributed by atoms with Crippen molar-refractivity contribution in [2.24, 2.45) is 0 Å². The minimum absolute atomic E-state index is 0.230. The zero-order valence-corrected chi connectivity index (χ0v) is 38.4. The third-order valence-electron chi connectivity index (χ3n) is 10.3. The van der Waals surface area contributed by atoms with E-state index in [0.29, 0.717) is 71.6 Å². The molecule has 12 nitrogen and oxygen atoms in total. The Bertz CT molecular complexity index is 2530. The van der Waals surface area contributed by atoms with Crippen LogP contribution in [0.4, 0.5) is 21.9 Å². The standard InChI is InChI=1S/C44H56ClN5O7S3/c1-31-36-29-32(45)19-22-40(36)58-42(31)60(54,55)47-33-20-21-39(38(30-33)49-24-26-50(27-25-49)43(51)57-44(2,3)4)56-28-12-10-8-7-9-11-23-46-59(52,53)41-18-14-15-34-35(41)16-13-17-37(34)48(5)6/h13-22,29-30,46-47H,7-12,23-28H2,1-6H3. The molecule has 4 aromatic carbocycles. The lowest BCUT2D eigenvalue weighted by atomic mass is 10.1. The molecule has 324 valence electrons. The Balaban J connectivity index is 1.02. The van der Waals surface area contributed by atoms with Gasteiger partial charge in [-0.25, -0.2) is 26.4 Å². The molecule has 1 aliphatic heterocycles. The molecule has 16 heteroatoms. The third kappa shape index (κ3) is 11.1. The van der Waals surface area contributed by atoms with Crippen molar-refractivity contribution in [3.05, 3.63) is 83.4 Å². The molecular weight excluding hydrogens is 842 g/mol. The first-order valence-corrected chi connectivity index (χ1v) is 24.5. The number of rotatable bonds is 17. The highest BCUT2D eigenvalue weighted by Crippen LogP contribution is 2.38. The van der Waals surface area contributed by atoms with Crippen molar-refractivity contribution in [3.63, 3.8) is 0 Å². The van der Waals surface area contributed by atoms with Crippen LogP contribution in [0.25, 0.3) is 20.9 Å². The van der Waals surface area contributed by atoms with Gasteiger partial charge in [-0.1, -0.05) is 61.5 Å². The number of nitrogens with zero attached hydrogens (tertiary/aromatic N) is 3. The van der Waals surface area contributed by atoms with E-state index in [-0.39, 0.29) is 10.3 Å². The van der Waals surface area contributed by atoms with E-state index in [2.05, 4.69) is 14.3 Å². The summed E-state index contributed by atoms with van der Waals surface area (Å²) < 4.78 is 72.6. The van der Waals surface area contributed by atoms with Crippen LogP contribution in [0.3, 0.4) is 0 Å². The molecule has 2 heterocycles. The lowest BCUT2D eigenvalue weighted by molar-refractivity contribution is 0.0240. The number of benzene rings is 4. The maximum absolute atomic E-state index is 13.7. The second-order valence-corrected chi connectivity index (χ2v) is 21.4. The summed E-state index contributed by atoms with van der Waals surface area (Å²) in [5, 5.41) is 2.95. The van der Waals surface area contributed by atoms with Gasteiger partial charge < -0.3 is 24.2 Å². The fourth-order valence-corrected chi connectivity index (χ4v) is 11.6. The van der Waals surface area contributed by atoms with E-state index in [0.717, 1.165) is 65.4 Å². The summed E-state index contributed by atoms with van der Waals surface area (Å²) in [7, 11) is -3.70. The van der Waals surface area contributed by atoms with Crippen LogP contribution < -0.4 is 24.0 Å². The molecule has 0 spiro atoms. The lowest BCUT2D eigenvalue weighted by Gasteiger charge is -2.37. The van der Waals surface area contributed by atoms with E-state index >= 15 is 0 Å². The van der Waals surface area contributed by atoms with Gasteiger partial charge in [-0.3, -0.25) is 4.72 Å². The number of fused-ring (bicyclic) bond motifs is 2. The molecule has 0 aliphatic carbocycles. The number of unbranched alkanes of at least 4 members (excludes halogenated alkanes) is 5. The van der Waals surface area contributed by atoms with Crippen LogP contribution in [0, 0.1) is 6.92 Å². The highest BCUT2D eigenvalue weighted by atomic mass is 35.5. The molecule has 1 aromatic heterocycles. The highest BCUT2D eigenvalue weighted by molar-refractivity contribution is 7.95. The van der Waals surface area contributed by atoms with E-state index in [1.807, 2.05) is 70.1 Å². The number of carbonyl (C=O) groups is 1. The Morgan fingerprint density at radius 2 is 1.50 bits per heavy atom. The van der Waals surface area contributed by atoms with Gasteiger partial charge in [0.05, 0.1) is 22.9 Å². The number of aryl methyl sites for hydroxylation is 1. The van der Waals surface area contributed by atoms with E-state index in [4.69, 9.17) is 21.1 Å². The summed E-state index contributed by atoms with van der Waals surface area (Å²) in [6.45, 7) is 10.1. The van der Waals surface area contributed by atoms with Crippen LogP contribution in [0.15, 0.2) is 81.9 Å². The molecule has 1 fully saturated rings. The number of ether oxygens (including phenoxy) is 2. The molecule has 0 atom stereocenters.